The maximum Gasteiger partial charge on any atom is 0.326 e. The van der Waals surface area contributed by atoms with Gasteiger partial charge in [0.2, 0.25) is 5.54 Å². The molecule has 1 unspecified atom stereocenters. The number of rotatable bonds is 7. The van der Waals surface area contributed by atoms with Crippen molar-refractivity contribution in [2.24, 2.45) is 5.73 Å². The van der Waals surface area contributed by atoms with Gasteiger partial charge >= 0.3 is 12.0 Å². The molecule has 0 radical (unpaired) electrons. The Morgan fingerprint density at radius 2 is 2.06 bits per heavy atom. The minimum Gasteiger partial charge on any atom is -0.480 e. The molecule has 0 aliphatic rings. The normalized spacial score (nSPS) is 12.8. The third-order valence-corrected chi connectivity index (χ3v) is 2.39. The molecule has 0 spiro atoms. The first kappa shape index (κ1) is 15.1. The van der Waals surface area contributed by atoms with Crippen molar-refractivity contribution >= 4 is 12.0 Å². The summed E-state index contributed by atoms with van der Waals surface area (Å²) in [5.41, 5.74) is 3.71. The van der Waals surface area contributed by atoms with Gasteiger partial charge in [0.25, 0.3) is 0 Å². The zero-order chi connectivity index (χ0) is 13.6. The molecule has 0 bridgehead atoms. The van der Waals surface area contributed by atoms with E-state index in [9.17, 15) is 19.7 Å². The van der Waals surface area contributed by atoms with Crippen molar-refractivity contribution in [2.45, 2.75) is 44.7 Å². The number of nitrogens with one attached hydrogen (secondary N) is 1. The highest BCUT2D eigenvalue weighted by Crippen LogP contribution is 2.17. The minimum absolute atomic E-state index is 0.107. The van der Waals surface area contributed by atoms with Crippen LogP contribution in [-0.4, -0.2) is 33.6 Å². The molecule has 8 heteroatoms. The van der Waals surface area contributed by atoms with Crippen LogP contribution in [0.1, 0.15) is 33.1 Å². The molecule has 0 saturated heterocycles. The number of hydrogen-bond acceptors (Lipinski definition) is 4. The van der Waals surface area contributed by atoms with Crippen molar-refractivity contribution in [2.75, 3.05) is 0 Å². The van der Waals surface area contributed by atoms with Crippen LogP contribution in [0.4, 0.5) is 4.79 Å². The van der Waals surface area contributed by atoms with Crippen molar-refractivity contribution in [1.82, 2.24) is 5.32 Å². The average molecular weight is 247 g/mol. The summed E-state index contributed by atoms with van der Waals surface area (Å²) < 4.78 is 0. The largest absolute Gasteiger partial charge is 0.480 e. The van der Waals surface area contributed by atoms with Gasteiger partial charge in [-0.3, -0.25) is 10.1 Å². The Bertz CT molecular complexity index is 316. The predicted octanol–water partition coefficient (Wildman–Crippen LogP) is 0.334. The van der Waals surface area contributed by atoms with Crippen molar-refractivity contribution < 1.29 is 19.6 Å². The number of primary amides is 1. The van der Waals surface area contributed by atoms with Crippen LogP contribution < -0.4 is 11.1 Å². The number of nitrogens with zero attached hydrogens (tertiary/aromatic N) is 1. The number of nitro groups is 1. The van der Waals surface area contributed by atoms with Gasteiger partial charge in [-0.25, -0.2) is 9.59 Å². The van der Waals surface area contributed by atoms with Gasteiger partial charge in [-0.05, 0) is 12.8 Å². The lowest BCUT2D eigenvalue weighted by atomic mass is 9.96. The van der Waals surface area contributed by atoms with E-state index in [1.807, 2.05) is 0 Å². The second kappa shape index (κ2) is 6.02. The molecular formula is C9H17N3O5. The van der Waals surface area contributed by atoms with Crippen LogP contribution in [0, 0.1) is 10.1 Å². The predicted molar refractivity (Wildman–Crippen MR) is 59.1 cm³/mol. The monoisotopic (exact) mass is 247 g/mol. The van der Waals surface area contributed by atoms with E-state index in [-0.39, 0.29) is 12.8 Å². The van der Waals surface area contributed by atoms with Gasteiger partial charge in [0.05, 0.1) is 0 Å². The zero-order valence-corrected chi connectivity index (χ0v) is 9.80. The van der Waals surface area contributed by atoms with E-state index in [4.69, 9.17) is 10.8 Å². The molecule has 0 aromatic heterocycles. The lowest BCUT2D eigenvalue weighted by molar-refractivity contribution is -0.561. The van der Waals surface area contributed by atoms with Crippen LogP contribution >= 0.6 is 0 Å². The maximum absolute atomic E-state index is 10.7. The molecule has 0 aromatic rings. The quantitative estimate of drug-likeness (QED) is 0.440. The number of carboxylic acid groups (broad SMARTS) is 1. The van der Waals surface area contributed by atoms with E-state index in [1.54, 1.807) is 0 Å². The van der Waals surface area contributed by atoms with Crippen molar-refractivity contribution in [3.8, 4) is 0 Å². The molecule has 0 heterocycles. The van der Waals surface area contributed by atoms with Crippen LogP contribution in [0.15, 0.2) is 0 Å². The first-order valence-electron chi connectivity index (χ1n) is 5.10. The number of carboxylic acids is 1. The highest BCUT2D eigenvalue weighted by atomic mass is 16.6. The Kier molecular flexibility index (Phi) is 5.36. The van der Waals surface area contributed by atoms with E-state index in [0.717, 1.165) is 0 Å². The molecule has 17 heavy (non-hydrogen) atoms. The first-order chi connectivity index (χ1) is 7.66. The molecule has 0 rings (SSSR count). The fourth-order valence-corrected chi connectivity index (χ4v) is 1.26. The molecule has 0 aliphatic heterocycles. The third-order valence-electron chi connectivity index (χ3n) is 2.39. The maximum atomic E-state index is 10.7. The van der Waals surface area contributed by atoms with Crippen molar-refractivity contribution in [1.29, 1.82) is 0 Å². The van der Waals surface area contributed by atoms with Crippen molar-refractivity contribution in [3.63, 3.8) is 0 Å². The Labute approximate surface area is 98.3 Å². The molecule has 4 N–H and O–H groups in total. The second-order valence-electron chi connectivity index (χ2n) is 4.36. The summed E-state index contributed by atoms with van der Waals surface area (Å²) in [7, 11) is 0. The summed E-state index contributed by atoms with van der Waals surface area (Å²) in [5.74, 6) is -1.21. The summed E-state index contributed by atoms with van der Waals surface area (Å²) in [5, 5.41) is 21.4. The Hall–Kier alpha value is -1.86. The standard InChI is InChI=1S/C9H17N3O5/c1-9(2,12(16)17)5-3-4-6(7(13)14)11-8(10)15/h6H,3-5H2,1-2H3,(H,13,14)(H3,10,11,15). The van der Waals surface area contributed by atoms with Crippen LogP contribution in [0.25, 0.3) is 0 Å². The summed E-state index contributed by atoms with van der Waals surface area (Å²) >= 11 is 0. The van der Waals surface area contributed by atoms with Crippen LogP contribution in [-0.2, 0) is 4.79 Å². The van der Waals surface area contributed by atoms with Gasteiger partial charge in [-0.2, -0.15) is 0 Å². The summed E-state index contributed by atoms with van der Waals surface area (Å²) in [6, 6.07) is -2.03. The number of carbonyl (C=O) groups excluding carboxylic acids is 1. The van der Waals surface area contributed by atoms with E-state index < -0.39 is 28.5 Å². The van der Waals surface area contributed by atoms with Crippen LogP contribution in [0.3, 0.4) is 0 Å². The van der Waals surface area contributed by atoms with Crippen molar-refractivity contribution in [3.05, 3.63) is 10.1 Å². The topological polar surface area (TPSA) is 136 Å². The molecule has 8 nitrogen and oxygen atoms in total. The number of aliphatic carboxylic acids is 1. The average Bonchev–Trinajstić information content (AvgIpc) is 2.14. The van der Waals surface area contributed by atoms with Gasteiger partial charge in [0.15, 0.2) is 0 Å². The highest BCUT2D eigenvalue weighted by molar-refractivity contribution is 5.81. The van der Waals surface area contributed by atoms with Gasteiger partial charge < -0.3 is 16.2 Å². The Balaban J connectivity index is 4.20. The second-order valence-corrected chi connectivity index (χ2v) is 4.36. The summed E-state index contributed by atoms with van der Waals surface area (Å²) in [6.07, 6.45) is 0.644. The Morgan fingerprint density at radius 3 is 2.41 bits per heavy atom. The van der Waals surface area contributed by atoms with Crippen LogP contribution in [0.5, 0.6) is 0 Å². The summed E-state index contributed by atoms with van der Waals surface area (Å²) in [4.78, 5) is 31.4. The van der Waals surface area contributed by atoms with E-state index in [2.05, 4.69) is 5.32 Å². The van der Waals surface area contributed by atoms with Gasteiger partial charge in [0.1, 0.15) is 6.04 Å². The van der Waals surface area contributed by atoms with E-state index in [1.165, 1.54) is 13.8 Å². The first-order valence-corrected chi connectivity index (χ1v) is 5.10. The molecule has 98 valence electrons. The minimum atomic E-state index is -1.21. The van der Waals surface area contributed by atoms with Gasteiger partial charge in [-0.1, -0.05) is 0 Å². The molecule has 0 aliphatic carbocycles. The SMILES string of the molecule is CC(C)(CCCC(NC(N)=O)C(=O)O)[N+](=O)[O-]. The smallest absolute Gasteiger partial charge is 0.326 e. The zero-order valence-electron chi connectivity index (χ0n) is 9.80. The number of carbonyl (C=O) groups is 2. The fourth-order valence-electron chi connectivity index (χ4n) is 1.26. The molecule has 0 fully saturated rings. The van der Waals surface area contributed by atoms with Crippen LogP contribution in [0.2, 0.25) is 0 Å². The number of urea groups is 1. The molecule has 1 atom stereocenters. The number of hydrogen-bond donors (Lipinski definition) is 3. The van der Waals surface area contributed by atoms with E-state index in [0.29, 0.717) is 6.42 Å². The highest BCUT2D eigenvalue weighted by Gasteiger charge is 2.30. The van der Waals surface area contributed by atoms with E-state index >= 15 is 0 Å². The van der Waals surface area contributed by atoms with Gasteiger partial charge in [-0.15, -0.1) is 0 Å². The lowest BCUT2D eigenvalue weighted by Crippen LogP contribution is -2.43. The number of nitrogens with two attached hydrogens (primary N) is 1. The molecule has 0 saturated carbocycles. The molecule has 2 amide bonds. The fraction of sp³-hybridized carbons (Fsp3) is 0.778. The summed E-state index contributed by atoms with van der Waals surface area (Å²) in [6.45, 7) is 2.93. The number of amides is 2. The molecule has 0 aromatic carbocycles. The Morgan fingerprint density at radius 1 is 1.53 bits per heavy atom. The lowest BCUT2D eigenvalue weighted by Gasteiger charge is -2.17. The third kappa shape index (κ3) is 5.69. The van der Waals surface area contributed by atoms with Gasteiger partial charge in [0, 0.05) is 25.2 Å². The molecular weight excluding hydrogens is 230 g/mol.